The van der Waals surface area contributed by atoms with Gasteiger partial charge in [-0.2, -0.15) is 0 Å². The molecule has 0 spiro atoms. The molecule has 34 nitrogen and oxygen atoms in total. The van der Waals surface area contributed by atoms with E-state index in [1.165, 1.54) is 78.9 Å². The molecule has 4 aromatic carbocycles. The molecule has 1 aliphatic carbocycles. The monoisotopic (exact) mass is 1410 g/mol. The van der Waals surface area contributed by atoms with Crippen LogP contribution in [0.1, 0.15) is 16.7 Å². The van der Waals surface area contributed by atoms with Crippen LogP contribution in [0, 0.1) is 0 Å². The molecular weight excluding hydrogens is 1340 g/mol. The molecule has 34 heteroatoms. The summed E-state index contributed by atoms with van der Waals surface area (Å²) in [6, 6.07) is 19.2. The molecule has 5 aliphatic heterocycles. The van der Waals surface area contributed by atoms with Gasteiger partial charge in [-0.1, -0.05) is 18.2 Å². The molecule has 0 saturated carbocycles. The molecule has 536 valence electrons. The maximum Gasteiger partial charge on any atom is 0.510 e. The Morgan fingerprint density at radius 1 is 0.430 bits per heavy atom. The SMILES string of the molecule is O=C(C=Cc1ccc(O)c(O)c1)OC[C@H]1O[C@@H](Oc2ccc(/C=C/C(=O)OC[C@H]3O[C@@H](Oc4cc5c(O[C@@H]6O[C@H](CO)[C@@H](O)[C@H](O)[C@H]6O)cc(=O)cc-5oc4-c4ccc(O)cc4)[C@H](O[C@@H]4O[C@H](COC(=[OH+])C=Cc5ccc(O)c(O)c5)[C@@H](O)[C@H](O)[C@H]4O)[C@@H](O)[C@@H]3O)cc2O)[C@H](O)[C@@H](O)[C@@H]1O. The number of benzene rings is 5. The predicted molar refractivity (Wildman–Crippen MR) is 333 cm³/mol. The van der Waals surface area contributed by atoms with Crippen LogP contribution in [0.15, 0.2) is 125 Å². The van der Waals surface area contributed by atoms with Crippen molar-refractivity contribution in [3.63, 3.8) is 0 Å². The molecule has 20 atom stereocenters. The molecule has 6 aliphatic rings. The molecule has 0 unspecified atom stereocenters. The summed E-state index contributed by atoms with van der Waals surface area (Å²) in [7, 11) is 0. The molecule has 5 heterocycles. The molecular formula is C66H69O34+. The van der Waals surface area contributed by atoms with Crippen LogP contribution in [-0.4, -0.2) is 264 Å². The molecule has 19 N–H and O–H groups in total. The van der Waals surface area contributed by atoms with Crippen molar-refractivity contribution in [1.29, 1.82) is 0 Å². The van der Waals surface area contributed by atoms with Crippen LogP contribution in [0.25, 0.3) is 40.9 Å². The van der Waals surface area contributed by atoms with E-state index < -0.39 is 213 Å². The Labute approximate surface area is 563 Å². The lowest BCUT2D eigenvalue weighted by atomic mass is 9.97. The third kappa shape index (κ3) is 17.0. The van der Waals surface area contributed by atoms with E-state index in [-0.39, 0.29) is 39.7 Å². The van der Waals surface area contributed by atoms with Crippen molar-refractivity contribution in [2.24, 2.45) is 0 Å². The zero-order valence-electron chi connectivity index (χ0n) is 51.7. The molecule has 0 bridgehead atoms. The van der Waals surface area contributed by atoms with E-state index >= 15 is 0 Å². The van der Waals surface area contributed by atoms with Crippen LogP contribution in [0.2, 0.25) is 0 Å². The van der Waals surface area contributed by atoms with Gasteiger partial charge >= 0.3 is 17.9 Å². The lowest BCUT2D eigenvalue weighted by molar-refractivity contribution is -0.357. The number of rotatable bonds is 22. The first kappa shape index (κ1) is 73.2. The molecule has 4 fully saturated rings. The average Bonchev–Trinajstić information content (AvgIpc) is 0.767. The Morgan fingerprint density at radius 2 is 0.880 bits per heavy atom. The smallest absolute Gasteiger partial charge is 0.508 e. The van der Waals surface area contributed by atoms with Gasteiger partial charge in [0.15, 0.2) is 63.8 Å². The highest BCUT2D eigenvalue weighted by molar-refractivity contribution is 5.89. The molecule has 0 aromatic heterocycles. The molecule has 10 rings (SSSR count). The summed E-state index contributed by atoms with van der Waals surface area (Å²) in [5, 5.41) is 191. The van der Waals surface area contributed by atoms with Gasteiger partial charge in [0.1, 0.15) is 122 Å². The quantitative estimate of drug-likeness (QED) is 0.0112. The van der Waals surface area contributed by atoms with Gasteiger partial charge in [0.2, 0.25) is 25.5 Å². The summed E-state index contributed by atoms with van der Waals surface area (Å²) in [5.74, 6) is -7.20. The van der Waals surface area contributed by atoms with Crippen LogP contribution in [0.5, 0.6) is 51.7 Å². The van der Waals surface area contributed by atoms with Crippen molar-refractivity contribution in [3.8, 4) is 74.4 Å². The normalized spacial score (nSPS) is 30.1. The number of carbonyl (C=O) groups excluding carboxylic acids is 3. The Balaban J connectivity index is 0.876. The Morgan fingerprint density at radius 3 is 1.42 bits per heavy atom. The van der Waals surface area contributed by atoms with Crippen molar-refractivity contribution in [2.75, 3.05) is 26.4 Å². The number of hydrogen-bond acceptors (Lipinski definition) is 33. The minimum atomic E-state index is -2.24. The summed E-state index contributed by atoms with van der Waals surface area (Å²) in [6.07, 6.45) is -31.9. The maximum absolute atomic E-state index is 13.4. The fourth-order valence-electron chi connectivity index (χ4n) is 10.6. The highest BCUT2D eigenvalue weighted by Gasteiger charge is 2.53. The van der Waals surface area contributed by atoms with E-state index in [1.54, 1.807) is 0 Å². The first-order valence-electron chi connectivity index (χ1n) is 30.4. The number of aromatic hydroxyl groups is 6. The summed E-state index contributed by atoms with van der Waals surface area (Å²) < 4.78 is 69.4. The summed E-state index contributed by atoms with van der Waals surface area (Å²) in [4.78, 5) is 49.7. The maximum atomic E-state index is 13.4. The second-order valence-corrected chi connectivity index (χ2v) is 23.2. The number of phenols is 6. The molecule has 4 saturated heterocycles. The summed E-state index contributed by atoms with van der Waals surface area (Å²) in [5.41, 5.74) is -0.100. The topological polar surface area (TPSA) is 551 Å². The lowest BCUT2D eigenvalue weighted by Gasteiger charge is -2.45. The number of esters is 3. The number of aliphatic hydroxyl groups excluding tert-OH is 12. The van der Waals surface area contributed by atoms with E-state index in [0.717, 1.165) is 54.6 Å². The van der Waals surface area contributed by atoms with E-state index in [0.29, 0.717) is 11.1 Å². The molecule has 0 radical (unpaired) electrons. The predicted octanol–water partition coefficient (Wildman–Crippen LogP) is -2.23. The minimum absolute atomic E-state index is 0.108. The van der Waals surface area contributed by atoms with Gasteiger partial charge in [-0.05, 0) is 102 Å². The van der Waals surface area contributed by atoms with Crippen LogP contribution in [-0.2, 0) is 47.5 Å². The van der Waals surface area contributed by atoms with Crippen molar-refractivity contribution in [1.82, 2.24) is 0 Å². The molecule has 0 amide bonds. The second kappa shape index (κ2) is 31.8. The van der Waals surface area contributed by atoms with Crippen LogP contribution in [0.4, 0.5) is 0 Å². The van der Waals surface area contributed by atoms with E-state index in [9.17, 15) is 111 Å². The zero-order valence-corrected chi connectivity index (χ0v) is 51.7. The Hall–Kier alpha value is -9.54. The number of aliphatic hydroxyl groups is 12. The third-order valence-corrected chi connectivity index (χ3v) is 16.2. The molecule has 100 heavy (non-hydrogen) atoms. The van der Waals surface area contributed by atoms with Crippen molar-refractivity contribution in [3.05, 3.63) is 142 Å². The van der Waals surface area contributed by atoms with Crippen LogP contribution in [0.3, 0.4) is 0 Å². The number of phenolic OH excluding ortho intramolecular Hbond substituents is 6. The number of fused-ring (bicyclic) bond motifs is 1. The van der Waals surface area contributed by atoms with Crippen molar-refractivity contribution < 1.29 is 163 Å². The fraction of sp³-hybridized carbons (Fsp3) is 0.364. The van der Waals surface area contributed by atoms with Gasteiger partial charge in [0.05, 0.1) is 18.2 Å². The van der Waals surface area contributed by atoms with Gasteiger partial charge < -0.3 is 153 Å². The van der Waals surface area contributed by atoms with E-state index in [2.05, 4.69) is 0 Å². The Bertz CT molecular complexity index is 3970. The zero-order chi connectivity index (χ0) is 72.0. The highest BCUT2D eigenvalue weighted by Crippen LogP contribution is 2.44. The fourth-order valence-corrected chi connectivity index (χ4v) is 10.6. The Kier molecular flexibility index (Phi) is 23.2. The minimum Gasteiger partial charge on any atom is -0.508 e. The third-order valence-electron chi connectivity index (χ3n) is 16.2. The number of ether oxygens (including phenoxy) is 11. The average molecular weight is 1410 g/mol. The highest BCUT2D eigenvalue weighted by atomic mass is 16.8. The van der Waals surface area contributed by atoms with Gasteiger partial charge in [0.25, 0.3) is 0 Å². The first-order chi connectivity index (χ1) is 47.6. The van der Waals surface area contributed by atoms with Gasteiger partial charge in [-0.3, -0.25) is 4.79 Å². The van der Waals surface area contributed by atoms with Crippen molar-refractivity contribution >= 4 is 36.1 Å². The summed E-state index contributed by atoms with van der Waals surface area (Å²) in [6.45, 7) is -3.21. The van der Waals surface area contributed by atoms with E-state index in [1.807, 2.05) is 0 Å². The van der Waals surface area contributed by atoms with Crippen LogP contribution >= 0.6 is 0 Å². The number of carbonyl (C=O) groups is 2. The van der Waals surface area contributed by atoms with Crippen molar-refractivity contribution in [2.45, 2.75) is 123 Å². The first-order valence-corrected chi connectivity index (χ1v) is 30.4. The standard InChI is InChI=1S/C66H68O34/c67-23-43-50(78)54(82)58(86)64(96-43)94-41-21-32(69)20-40-33(41)22-42(61(92-40)30-7-9-31(68)10-8-30)95-66-62(100-65-60(88)56(84)52(80)45(98-65)25-90-48(76)15-5-28-2-12-35(71)37(73)18-28)57(85)53(81)46(99-66)26-91-49(77)16-6-29-3-13-39(38(74)19-29)93-63-59(87)55(83)51(79)44(97-63)24-89-47(75)14-4-27-1-11-34(70)36(72)17-27/h1-22,43-46,50-60,62-68,70-74,78-88H,23-26H2/p+1/b14-4?,15-5?,16-6+/t43-,44-,45-,46-,50-,51-,52-,53-,54+,55+,56+,57+,58-,59-,60-,62-,63-,64-,65+,66-/m1/s1. The number of hydrogen-bond donors (Lipinski definition) is 18. The lowest BCUT2D eigenvalue weighted by Crippen LogP contribution is -2.65. The van der Waals surface area contributed by atoms with Gasteiger partial charge in [-0.25, -0.2) is 9.59 Å². The van der Waals surface area contributed by atoms with Crippen LogP contribution < -0.4 is 19.6 Å². The van der Waals surface area contributed by atoms with E-state index in [4.69, 9.17) is 56.5 Å². The van der Waals surface area contributed by atoms with Gasteiger partial charge in [-0.15, -0.1) is 0 Å². The molecule has 4 aromatic rings. The van der Waals surface area contributed by atoms with Gasteiger partial charge in [0, 0.05) is 29.8 Å². The summed E-state index contributed by atoms with van der Waals surface area (Å²) >= 11 is 0. The largest absolute Gasteiger partial charge is 0.510 e. The second-order valence-electron chi connectivity index (χ2n) is 23.2.